The van der Waals surface area contributed by atoms with Crippen LogP contribution in [0.3, 0.4) is 0 Å². The molecular weight excluding hydrogens is 260 g/mol. The van der Waals surface area contributed by atoms with Gasteiger partial charge in [0.1, 0.15) is 0 Å². The minimum absolute atomic E-state index is 0.690. The first-order valence-corrected chi connectivity index (χ1v) is 9.09. The SMILES string of the molecule is C[C@@H]1CN(C2CCOCC2)CCN1C1/C=C\CCCCC1. The fourth-order valence-electron chi connectivity index (χ4n) is 4.29. The molecule has 2 heterocycles. The molecule has 1 unspecified atom stereocenters. The predicted molar refractivity (Wildman–Crippen MR) is 87.6 cm³/mol. The van der Waals surface area contributed by atoms with E-state index in [1.807, 2.05) is 0 Å². The van der Waals surface area contributed by atoms with Crippen molar-refractivity contribution in [2.24, 2.45) is 0 Å². The number of rotatable bonds is 2. The molecule has 3 heteroatoms. The van der Waals surface area contributed by atoms with Crippen LogP contribution in [0.2, 0.25) is 0 Å². The zero-order chi connectivity index (χ0) is 14.5. The molecule has 2 atom stereocenters. The lowest BCUT2D eigenvalue weighted by molar-refractivity contribution is -0.00901. The summed E-state index contributed by atoms with van der Waals surface area (Å²) in [4.78, 5) is 5.49. The number of piperazine rings is 1. The molecule has 21 heavy (non-hydrogen) atoms. The van der Waals surface area contributed by atoms with Crippen molar-refractivity contribution in [3.05, 3.63) is 12.2 Å². The number of hydrogen-bond acceptors (Lipinski definition) is 3. The highest BCUT2D eigenvalue weighted by atomic mass is 16.5. The third-order valence-corrected chi connectivity index (χ3v) is 5.57. The van der Waals surface area contributed by atoms with Crippen molar-refractivity contribution < 1.29 is 4.74 Å². The summed E-state index contributed by atoms with van der Waals surface area (Å²) in [7, 11) is 0. The average Bonchev–Trinajstić information content (AvgIpc) is 2.49. The number of hydrogen-bond donors (Lipinski definition) is 0. The Hall–Kier alpha value is -0.380. The first-order valence-electron chi connectivity index (χ1n) is 9.09. The van der Waals surface area contributed by atoms with Crippen molar-refractivity contribution in [2.45, 2.75) is 70.0 Å². The van der Waals surface area contributed by atoms with Crippen molar-refractivity contribution in [2.75, 3.05) is 32.8 Å². The van der Waals surface area contributed by atoms with Crippen LogP contribution in [-0.4, -0.2) is 60.8 Å². The van der Waals surface area contributed by atoms with E-state index in [-0.39, 0.29) is 0 Å². The van der Waals surface area contributed by atoms with E-state index >= 15 is 0 Å². The molecule has 0 spiro atoms. The molecule has 0 aromatic rings. The van der Waals surface area contributed by atoms with Crippen molar-refractivity contribution in [1.29, 1.82) is 0 Å². The molecule has 0 saturated carbocycles. The summed E-state index contributed by atoms with van der Waals surface area (Å²) in [6, 6.07) is 2.16. The molecule has 0 aromatic heterocycles. The van der Waals surface area contributed by atoms with E-state index in [1.54, 1.807) is 0 Å². The van der Waals surface area contributed by atoms with Crippen LogP contribution in [0.15, 0.2) is 12.2 Å². The van der Waals surface area contributed by atoms with Crippen molar-refractivity contribution >= 4 is 0 Å². The van der Waals surface area contributed by atoms with E-state index in [0.29, 0.717) is 12.1 Å². The molecule has 0 aromatic carbocycles. The molecule has 0 amide bonds. The zero-order valence-electron chi connectivity index (χ0n) is 13.7. The van der Waals surface area contributed by atoms with E-state index in [2.05, 4.69) is 28.9 Å². The molecular formula is C18H32N2O. The quantitative estimate of drug-likeness (QED) is 0.728. The maximum atomic E-state index is 5.51. The zero-order valence-corrected chi connectivity index (χ0v) is 13.7. The van der Waals surface area contributed by atoms with E-state index in [1.165, 1.54) is 64.6 Å². The van der Waals surface area contributed by atoms with Crippen LogP contribution in [0.1, 0.15) is 51.9 Å². The standard InChI is InChI=1S/C18H32N2O/c1-16-15-19(17-9-13-21-14-10-17)11-12-20(16)18-7-5-3-2-4-6-8-18/h5,7,16-18H,2-4,6,8-15H2,1H3/b7-5-/t16-,18?/m1/s1. The lowest BCUT2D eigenvalue weighted by Gasteiger charge is -2.46. The Morgan fingerprint density at radius 2 is 1.86 bits per heavy atom. The Bertz CT molecular complexity index is 338. The minimum atomic E-state index is 0.690. The summed E-state index contributed by atoms with van der Waals surface area (Å²) in [5, 5.41) is 0. The molecule has 3 rings (SSSR count). The summed E-state index contributed by atoms with van der Waals surface area (Å²) in [6.45, 7) is 8.09. The smallest absolute Gasteiger partial charge is 0.0480 e. The largest absolute Gasteiger partial charge is 0.381 e. The van der Waals surface area contributed by atoms with Gasteiger partial charge in [0.05, 0.1) is 0 Å². The molecule has 3 nitrogen and oxygen atoms in total. The molecule has 0 radical (unpaired) electrons. The van der Waals surface area contributed by atoms with Gasteiger partial charge in [-0.1, -0.05) is 25.0 Å². The van der Waals surface area contributed by atoms with Crippen LogP contribution in [0.25, 0.3) is 0 Å². The van der Waals surface area contributed by atoms with Gasteiger partial charge in [0, 0.05) is 51.0 Å². The molecule has 120 valence electrons. The summed E-state index contributed by atoms with van der Waals surface area (Å²) in [5.41, 5.74) is 0. The molecule has 0 N–H and O–H groups in total. The van der Waals surface area contributed by atoms with Crippen molar-refractivity contribution in [1.82, 2.24) is 9.80 Å². The van der Waals surface area contributed by atoms with Crippen LogP contribution >= 0.6 is 0 Å². The maximum Gasteiger partial charge on any atom is 0.0480 e. The van der Waals surface area contributed by atoms with Gasteiger partial charge in [0.15, 0.2) is 0 Å². The van der Waals surface area contributed by atoms with Crippen LogP contribution < -0.4 is 0 Å². The minimum Gasteiger partial charge on any atom is -0.381 e. The first-order chi connectivity index (χ1) is 10.3. The van der Waals surface area contributed by atoms with Gasteiger partial charge in [-0.25, -0.2) is 0 Å². The van der Waals surface area contributed by atoms with E-state index in [4.69, 9.17) is 4.74 Å². The van der Waals surface area contributed by atoms with Gasteiger partial charge in [0.2, 0.25) is 0 Å². The van der Waals surface area contributed by atoms with E-state index in [0.717, 1.165) is 19.3 Å². The van der Waals surface area contributed by atoms with Gasteiger partial charge in [0.25, 0.3) is 0 Å². The van der Waals surface area contributed by atoms with Gasteiger partial charge < -0.3 is 4.74 Å². The fraction of sp³-hybridized carbons (Fsp3) is 0.889. The molecule has 2 saturated heterocycles. The van der Waals surface area contributed by atoms with Crippen LogP contribution in [-0.2, 0) is 4.74 Å². The monoisotopic (exact) mass is 292 g/mol. The number of ether oxygens (including phenoxy) is 1. The third-order valence-electron chi connectivity index (χ3n) is 5.57. The number of allylic oxidation sites excluding steroid dienone is 1. The van der Waals surface area contributed by atoms with E-state index < -0.39 is 0 Å². The second kappa shape index (κ2) is 7.75. The lowest BCUT2D eigenvalue weighted by Crippen LogP contribution is -2.58. The van der Waals surface area contributed by atoms with Crippen LogP contribution in [0.4, 0.5) is 0 Å². The highest BCUT2D eigenvalue weighted by molar-refractivity contribution is 4.99. The molecule has 3 aliphatic rings. The molecule has 0 bridgehead atoms. The Kier molecular flexibility index (Phi) is 5.73. The maximum absolute atomic E-state index is 5.51. The normalized spacial score (nSPS) is 36.0. The summed E-state index contributed by atoms with van der Waals surface area (Å²) >= 11 is 0. The molecule has 2 aliphatic heterocycles. The first kappa shape index (κ1) is 15.5. The fourth-order valence-corrected chi connectivity index (χ4v) is 4.29. The summed E-state index contributed by atoms with van der Waals surface area (Å²) in [5.74, 6) is 0. The topological polar surface area (TPSA) is 15.7 Å². The highest BCUT2D eigenvalue weighted by Gasteiger charge is 2.31. The van der Waals surface area contributed by atoms with Gasteiger partial charge >= 0.3 is 0 Å². The second-order valence-electron chi connectivity index (χ2n) is 7.06. The summed E-state index contributed by atoms with van der Waals surface area (Å²) < 4.78 is 5.51. The van der Waals surface area contributed by atoms with Crippen LogP contribution in [0, 0.1) is 0 Å². The van der Waals surface area contributed by atoms with Crippen molar-refractivity contribution in [3.8, 4) is 0 Å². The molecule has 2 fully saturated rings. The Morgan fingerprint density at radius 1 is 1.00 bits per heavy atom. The van der Waals surface area contributed by atoms with E-state index in [9.17, 15) is 0 Å². The lowest BCUT2D eigenvalue weighted by atomic mass is 9.98. The predicted octanol–water partition coefficient (Wildman–Crippen LogP) is 3.06. The third kappa shape index (κ3) is 4.08. The van der Waals surface area contributed by atoms with Gasteiger partial charge in [-0.05, 0) is 39.0 Å². The van der Waals surface area contributed by atoms with Gasteiger partial charge in [-0.2, -0.15) is 0 Å². The van der Waals surface area contributed by atoms with Crippen LogP contribution in [0.5, 0.6) is 0 Å². The van der Waals surface area contributed by atoms with Gasteiger partial charge in [-0.15, -0.1) is 0 Å². The Balaban J connectivity index is 1.55. The Morgan fingerprint density at radius 3 is 2.67 bits per heavy atom. The molecule has 1 aliphatic carbocycles. The number of nitrogens with zero attached hydrogens (tertiary/aromatic N) is 2. The summed E-state index contributed by atoms with van der Waals surface area (Å²) in [6.07, 6.45) is 14.2. The van der Waals surface area contributed by atoms with Gasteiger partial charge in [-0.3, -0.25) is 9.80 Å². The highest BCUT2D eigenvalue weighted by Crippen LogP contribution is 2.24. The Labute approximate surface area is 130 Å². The second-order valence-corrected chi connectivity index (χ2v) is 7.06. The average molecular weight is 292 g/mol. The van der Waals surface area contributed by atoms with Crippen molar-refractivity contribution in [3.63, 3.8) is 0 Å².